The van der Waals surface area contributed by atoms with Gasteiger partial charge in [-0.3, -0.25) is 4.89 Å². The number of alkyl halides is 1. The molecule has 0 heterocycles. The van der Waals surface area contributed by atoms with Crippen molar-refractivity contribution in [3.8, 4) is 0 Å². The van der Waals surface area contributed by atoms with E-state index in [4.69, 9.17) is 9.78 Å². The summed E-state index contributed by atoms with van der Waals surface area (Å²) >= 11 is 3.46. The average Bonchev–Trinajstić information content (AvgIpc) is 2.25. The molecule has 0 amide bonds. The van der Waals surface area contributed by atoms with Crippen molar-refractivity contribution in [1.82, 2.24) is 0 Å². The topological polar surface area (TPSA) is 35.5 Å². The van der Waals surface area contributed by atoms with Crippen LogP contribution in [-0.2, 0) is 9.78 Å². The molecule has 1 aromatic carbocycles. The maximum absolute atomic E-state index is 11.6. The molecule has 0 aromatic heterocycles. The van der Waals surface area contributed by atoms with Crippen LogP contribution < -0.4 is 0 Å². The molecule has 0 N–H and O–H groups in total. The SMILES string of the molecule is CC(Br)c1ccc(C(=O)OOC(C)(C)C)cc1. The Morgan fingerprint density at radius 3 is 2.18 bits per heavy atom. The Morgan fingerprint density at radius 2 is 1.76 bits per heavy atom. The van der Waals surface area contributed by atoms with Gasteiger partial charge in [0.15, 0.2) is 0 Å². The molecule has 0 bridgehead atoms. The second-order valence-electron chi connectivity index (χ2n) is 4.80. The maximum Gasteiger partial charge on any atom is 0.373 e. The highest BCUT2D eigenvalue weighted by Crippen LogP contribution is 2.21. The normalized spacial score (nSPS) is 13.2. The molecule has 4 heteroatoms. The third-order valence-electron chi connectivity index (χ3n) is 1.97. The fourth-order valence-corrected chi connectivity index (χ4v) is 1.40. The van der Waals surface area contributed by atoms with Gasteiger partial charge in [0.2, 0.25) is 0 Å². The van der Waals surface area contributed by atoms with Gasteiger partial charge >= 0.3 is 5.97 Å². The molecule has 0 saturated carbocycles. The van der Waals surface area contributed by atoms with Gasteiger partial charge in [0.1, 0.15) is 5.60 Å². The number of benzene rings is 1. The first-order valence-corrected chi connectivity index (χ1v) is 6.35. The van der Waals surface area contributed by atoms with Crippen LogP contribution in [0.3, 0.4) is 0 Å². The van der Waals surface area contributed by atoms with Crippen LogP contribution in [0.25, 0.3) is 0 Å². The molecule has 0 spiro atoms. The first-order valence-electron chi connectivity index (χ1n) is 5.43. The summed E-state index contributed by atoms with van der Waals surface area (Å²) in [5, 5.41) is 0. The Balaban J connectivity index is 2.64. The van der Waals surface area contributed by atoms with E-state index in [9.17, 15) is 4.79 Å². The highest BCUT2D eigenvalue weighted by Gasteiger charge is 2.16. The van der Waals surface area contributed by atoms with E-state index < -0.39 is 11.6 Å². The molecule has 0 aliphatic rings. The van der Waals surface area contributed by atoms with E-state index in [0.717, 1.165) is 5.56 Å². The van der Waals surface area contributed by atoms with E-state index in [1.807, 2.05) is 39.8 Å². The van der Waals surface area contributed by atoms with Gasteiger partial charge in [-0.1, -0.05) is 28.1 Å². The standard InChI is InChI=1S/C13H17BrO3/c1-9(14)10-5-7-11(8-6-10)12(15)16-17-13(2,3)4/h5-9H,1-4H3. The van der Waals surface area contributed by atoms with Gasteiger partial charge in [-0.05, 0) is 45.4 Å². The predicted molar refractivity (Wildman–Crippen MR) is 70.0 cm³/mol. The minimum Gasteiger partial charge on any atom is -0.292 e. The average molecular weight is 301 g/mol. The molecule has 17 heavy (non-hydrogen) atoms. The maximum atomic E-state index is 11.6. The zero-order chi connectivity index (χ0) is 13.1. The van der Waals surface area contributed by atoms with Crippen molar-refractivity contribution in [2.45, 2.75) is 38.1 Å². The fourth-order valence-electron chi connectivity index (χ4n) is 1.10. The van der Waals surface area contributed by atoms with Gasteiger partial charge in [0.05, 0.1) is 5.56 Å². The number of halogens is 1. The minimum absolute atomic E-state index is 0.262. The Labute approximate surface area is 110 Å². The summed E-state index contributed by atoms with van der Waals surface area (Å²) in [7, 11) is 0. The largest absolute Gasteiger partial charge is 0.373 e. The molecule has 0 fully saturated rings. The molecular formula is C13H17BrO3. The first kappa shape index (κ1) is 14.2. The van der Waals surface area contributed by atoms with Gasteiger partial charge in [-0.25, -0.2) is 4.79 Å². The molecule has 0 saturated heterocycles. The van der Waals surface area contributed by atoms with Crippen LogP contribution in [0.1, 0.15) is 48.4 Å². The van der Waals surface area contributed by atoms with Gasteiger partial charge in [-0.15, -0.1) is 0 Å². The number of carbonyl (C=O) groups is 1. The Kier molecular flexibility index (Phi) is 4.71. The van der Waals surface area contributed by atoms with Gasteiger partial charge in [0.25, 0.3) is 0 Å². The fraction of sp³-hybridized carbons (Fsp3) is 0.462. The van der Waals surface area contributed by atoms with Gasteiger partial charge < -0.3 is 0 Å². The lowest BCUT2D eigenvalue weighted by Crippen LogP contribution is -2.21. The number of rotatable bonds is 3. The summed E-state index contributed by atoms with van der Waals surface area (Å²) in [5.74, 6) is -0.478. The van der Waals surface area contributed by atoms with Crippen LogP contribution in [0.15, 0.2) is 24.3 Å². The predicted octanol–water partition coefficient (Wildman–Crippen LogP) is 4.03. The summed E-state index contributed by atoms with van der Waals surface area (Å²) in [5.41, 5.74) is 1.09. The van der Waals surface area contributed by atoms with Crippen molar-refractivity contribution in [3.05, 3.63) is 35.4 Å². The van der Waals surface area contributed by atoms with Crippen molar-refractivity contribution in [2.75, 3.05) is 0 Å². The number of carbonyl (C=O) groups excluding carboxylic acids is 1. The monoisotopic (exact) mass is 300 g/mol. The molecule has 1 atom stereocenters. The van der Waals surface area contributed by atoms with Crippen LogP contribution in [0.2, 0.25) is 0 Å². The van der Waals surface area contributed by atoms with Crippen LogP contribution in [0, 0.1) is 0 Å². The van der Waals surface area contributed by atoms with Crippen LogP contribution in [-0.4, -0.2) is 11.6 Å². The highest BCUT2D eigenvalue weighted by atomic mass is 79.9. The molecule has 0 aliphatic carbocycles. The van der Waals surface area contributed by atoms with Gasteiger partial charge in [-0.2, -0.15) is 4.89 Å². The number of hydrogen-bond acceptors (Lipinski definition) is 3. The lowest BCUT2D eigenvalue weighted by atomic mass is 10.1. The van der Waals surface area contributed by atoms with E-state index in [1.165, 1.54) is 0 Å². The summed E-state index contributed by atoms with van der Waals surface area (Å²) in [6, 6.07) is 7.21. The Morgan fingerprint density at radius 1 is 1.24 bits per heavy atom. The number of hydrogen-bond donors (Lipinski definition) is 0. The summed E-state index contributed by atoms with van der Waals surface area (Å²) in [6.45, 7) is 7.47. The Hall–Kier alpha value is -0.870. The lowest BCUT2D eigenvalue weighted by molar-refractivity contribution is -0.301. The quantitative estimate of drug-likeness (QED) is 0.480. The van der Waals surface area contributed by atoms with Crippen LogP contribution in [0.5, 0.6) is 0 Å². The second-order valence-corrected chi connectivity index (χ2v) is 6.18. The van der Waals surface area contributed by atoms with E-state index in [1.54, 1.807) is 12.1 Å². The third kappa shape index (κ3) is 4.88. The van der Waals surface area contributed by atoms with Crippen molar-refractivity contribution < 1.29 is 14.6 Å². The zero-order valence-corrected chi connectivity index (χ0v) is 12.1. The van der Waals surface area contributed by atoms with E-state index >= 15 is 0 Å². The van der Waals surface area contributed by atoms with Crippen molar-refractivity contribution in [2.24, 2.45) is 0 Å². The summed E-state index contributed by atoms with van der Waals surface area (Å²) < 4.78 is 0. The third-order valence-corrected chi connectivity index (χ3v) is 2.50. The lowest BCUT2D eigenvalue weighted by Gasteiger charge is -2.16. The zero-order valence-electron chi connectivity index (χ0n) is 10.5. The molecule has 1 aromatic rings. The van der Waals surface area contributed by atoms with Gasteiger partial charge in [0, 0.05) is 4.83 Å². The van der Waals surface area contributed by atoms with Crippen molar-refractivity contribution in [1.29, 1.82) is 0 Å². The summed E-state index contributed by atoms with van der Waals surface area (Å²) in [6.07, 6.45) is 0. The highest BCUT2D eigenvalue weighted by molar-refractivity contribution is 9.09. The molecule has 94 valence electrons. The second kappa shape index (κ2) is 5.65. The molecule has 0 aliphatic heterocycles. The van der Waals surface area contributed by atoms with E-state index in [2.05, 4.69) is 15.9 Å². The minimum atomic E-state index is -0.500. The molecule has 1 unspecified atom stereocenters. The Bertz CT molecular complexity index is 377. The summed E-state index contributed by atoms with van der Waals surface area (Å²) in [4.78, 5) is 21.6. The molecule has 0 radical (unpaired) electrons. The molecule has 3 nitrogen and oxygen atoms in total. The molecule has 1 rings (SSSR count). The van der Waals surface area contributed by atoms with Crippen LogP contribution >= 0.6 is 15.9 Å². The van der Waals surface area contributed by atoms with Crippen LogP contribution in [0.4, 0.5) is 0 Å². The van der Waals surface area contributed by atoms with Crippen molar-refractivity contribution in [3.63, 3.8) is 0 Å². The first-order chi connectivity index (χ1) is 7.79. The van der Waals surface area contributed by atoms with E-state index in [0.29, 0.717) is 5.56 Å². The van der Waals surface area contributed by atoms with E-state index in [-0.39, 0.29) is 4.83 Å². The molecular weight excluding hydrogens is 284 g/mol. The van der Waals surface area contributed by atoms with Crippen molar-refractivity contribution >= 4 is 21.9 Å². The smallest absolute Gasteiger partial charge is 0.292 e.